The third-order valence-electron chi connectivity index (χ3n) is 4.14. The van der Waals surface area contributed by atoms with Crippen LogP contribution in [0.5, 0.6) is 0 Å². The SMILES string of the molecule is Cc1nc(-c2ccccc2)sc1CN1CCCC(CO)C1. The summed E-state index contributed by atoms with van der Waals surface area (Å²) in [7, 11) is 0. The van der Waals surface area contributed by atoms with Crippen molar-refractivity contribution in [1.29, 1.82) is 0 Å². The smallest absolute Gasteiger partial charge is 0.123 e. The maximum Gasteiger partial charge on any atom is 0.123 e. The maximum absolute atomic E-state index is 9.35. The fourth-order valence-electron chi connectivity index (χ4n) is 2.93. The molecule has 1 N–H and O–H groups in total. The molecule has 3 rings (SSSR count). The monoisotopic (exact) mass is 302 g/mol. The van der Waals surface area contributed by atoms with E-state index in [0.29, 0.717) is 12.5 Å². The Bertz CT molecular complexity index is 582. The van der Waals surface area contributed by atoms with Gasteiger partial charge in [-0.2, -0.15) is 0 Å². The van der Waals surface area contributed by atoms with Crippen LogP contribution in [-0.4, -0.2) is 34.7 Å². The van der Waals surface area contributed by atoms with Crippen LogP contribution in [-0.2, 0) is 6.54 Å². The van der Waals surface area contributed by atoms with Crippen molar-refractivity contribution in [1.82, 2.24) is 9.88 Å². The lowest BCUT2D eigenvalue weighted by Crippen LogP contribution is -2.36. The number of aliphatic hydroxyl groups excluding tert-OH is 1. The number of aliphatic hydroxyl groups is 1. The summed E-state index contributed by atoms with van der Waals surface area (Å²) in [6.45, 7) is 5.52. The van der Waals surface area contributed by atoms with Crippen molar-refractivity contribution in [3.63, 3.8) is 0 Å². The Kier molecular flexibility index (Phi) is 4.68. The molecule has 1 aliphatic heterocycles. The van der Waals surface area contributed by atoms with Crippen LogP contribution >= 0.6 is 11.3 Å². The fraction of sp³-hybridized carbons (Fsp3) is 0.471. The van der Waals surface area contributed by atoms with Gasteiger partial charge in [0.1, 0.15) is 5.01 Å². The third-order valence-corrected chi connectivity index (χ3v) is 5.33. The summed E-state index contributed by atoms with van der Waals surface area (Å²) < 4.78 is 0. The van der Waals surface area contributed by atoms with Gasteiger partial charge in [0.2, 0.25) is 0 Å². The second kappa shape index (κ2) is 6.69. The molecule has 0 bridgehead atoms. The highest BCUT2D eigenvalue weighted by Gasteiger charge is 2.21. The number of rotatable bonds is 4. The first-order valence-corrected chi connectivity index (χ1v) is 8.43. The number of piperidine rings is 1. The molecule has 1 unspecified atom stereocenters. The molecule has 1 aromatic carbocycles. The van der Waals surface area contributed by atoms with E-state index < -0.39 is 0 Å². The van der Waals surface area contributed by atoms with Crippen LogP contribution in [0.1, 0.15) is 23.4 Å². The normalized spacial score (nSPS) is 19.8. The Morgan fingerprint density at radius 2 is 2.14 bits per heavy atom. The van der Waals surface area contributed by atoms with Gasteiger partial charge in [0.05, 0.1) is 5.69 Å². The predicted octanol–water partition coefficient (Wildman–Crippen LogP) is 3.32. The van der Waals surface area contributed by atoms with E-state index in [1.165, 1.54) is 16.9 Å². The van der Waals surface area contributed by atoms with Gasteiger partial charge in [0, 0.05) is 30.1 Å². The number of hydrogen-bond donors (Lipinski definition) is 1. The van der Waals surface area contributed by atoms with E-state index in [4.69, 9.17) is 4.98 Å². The highest BCUT2D eigenvalue weighted by Crippen LogP contribution is 2.29. The summed E-state index contributed by atoms with van der Waals surface area (Å²) in [5.41, 5.74) is 2.34. The first-order chi connectivity index (χ1) is 10.3. The number of hydrogen-bond acceptors (Lipinski definition) is 4. The minimum atomic E-state index is 0.313. The van der Waals surface area contributed by atoms with E-state index in [2.05, 4.69) is 36.1 Å². The first kappa shape index (κ1) is 14.7. The molecule has 1 aliphatic rings. The summed E-state index contributed by atoms with van der Waals surface area (Å²) >= 11 is 1.80. The lowest BCUT2D eigenvalue weighted by molar-refractivity contribution is 0.116. The summed E-state index contributed by atoms with van der Waals surface area (Å²) in [5, 5.41) is 10.5. The van der Waals surface area contributed by atoms with Gasteiger partial charge in [-0.3, -0.25) is 4.90 Å². The average Bonchev–Trinajstić information content (AvgIpc) is 2.89. The molecule has 21 heavy (non-hydrogen) atoms. The standard InChI is InChI=1S/C17H22N2OS/c1-13-16(11-19-9-5-6-14(10-19)12-20)21-17(18-13)15-7-3-2-4-8-15/h2-4,7-8,14,20H,5-6,9-12H2,1H3. The van der Waals surface area contributed by atoms with Gasteiger partial charge in [-0.25, -0.2) is 4.98 Å². The lowest BCUT2D eigenvalue weighted by atomic mass is 9.99. The molecular weight excluding hydrogens is 280 g/mol. The van der Waals surface area contributed by atoms with Crippen molar-refractivity contribution in [3.8, 4) is 10.6 Å². The number of nitrogens with zero attached hydrogens (tertiary/aromatic N) is 2. The van der Waals surface area contributed by atoms with Crippen molar-refractivity contribution in [3.05, 3.63) is 40.9 Å². The highest BCUT2D eigenvalue weighted by atomic mass is 32.1. The number of thiazole rings is 1. The summed E-state index contributed by atoms with van der Waals surface area (Å²) in [5.74, 6) is 0.445. The largest absolute Gasteiger partial charge is 0.396 e. The van der Waals surface area contributed by atoms with Gasteiger partial charge in [0.25, 0.3) is 0 Å². The summed E-state index contributed by atoms with van der Waals surface area (Å²) in [4.78, 5) is 8.54. The van der Waals surface area contributed by atoms with Gasteiger partial charge < -0.3 is 5.11 Å². The molecule has 0 aliphatic carbocycles. The highest BCUT2D eigenvalue weighted by molar-refractivity contribution is 7.15. The van der Waals surface area contributed by atoms with Crippen molar-refractivity contribution in [2.45, 2.75) is 26.3 Å². The molecule has 2 aromatic rings. The van der Waals surface area contributed by atoms with Crippen LogP contribution in [0.25, 0.3) is 10.6 Å². The first-order valence-electron chi connectivity index (χ1n) is 7.61. The molecule has 1 atom stereocenters. The second-order valence-electron chi connectivity index (χ2n) is 5.82. The molecule has 112 valence electrons. The minimum absolute atomic E-state index is 0.313. The molecule has 0 amide bonds. The topological polar surface area (TPSA) is 36.4 Å². The van der Waals surface area contributed by atoms with E-state index in [-0.39, 0.29) is 0 Å². The third kappa shape index (κ3) is 3.51. The molecule has 1 aromatic heterocycles. The van der Waals surface area contributed by atoms with E-state index in [1.54, 1.807) is 11.3 Å². The van der Waals surface area contributed by atoms with Crippen molar-refractivity contribution in [2.24, 2.45) is 5.92 Å². The van der Waals surface area contributed by atoms with E-state index in [1.807, 2.05) is 6.07 Å². The molecule has 4 heteroatoms. The van der Waals surface area contributed by atoms with E-state index >= 15 is 0 Å². The number of aromatic nitrogens is 1. The van der Waals surface area contributed by atoms with Gasteiger partial charge in [0.15, 0.2) is 0 Å². The summed E-state index contributed by atoms with van der Waals surface area (Å²) in [6, 6.07) is 10.4. The fourth-order valence-corrected chi connectivity index (χ4v) is 4.04. The quantitative estimate of drug-likeness (QED) is 0.941. The van der Waals surface area contributed by atoms with Crippen molar-refractivity contribution >= 4 is 11.3 Å². The zero-order valence-corrected chi connectivity index (χ0v) is 13.3. The van der Waals surface area contributed by atoms with E-state index in [0.717, 1.165) is 36.8 Å². The number of likely N-dealkylation sites (tertiary alicyclic amines) is 1. The Morgan fingerprint density at radius 3 is 2.90 bits per heavy atom. The van der Waals surface area contributed by atoms with Crippen molar-refractivity contribution in [2.75, 3.05) is 19.7 Å². The molecule has 0 spiro atoms. The molecule has 1 fully saturated rings. The maximum atomic E-state index is 9.35. The number of aryl methyl sites for hydroxylation is 1. The van der Waals surface area contributed by atoms with Crippen LogP contribution in [0.2, 0.25) is 0 Å². The molecule has 1 saturated heterocycles. The molecule has 2 heterocycles. The minimum Gasteiger partial charge on any atom is -0.396 e. The lowest BCUT2D eigenvalue weighted by Gasteiger charge is -2.31. The summed E-state index contributed by atoms with van der Waals surface area (Å²) in [6.07, 6.45) is 2.35. The van der Waals surface area contributed by atoms with E-state index in [9.17, 15) is 5.11 Å². The molecule has 0 radical (unpaired) electrons. The van der Waals surface area contributed by atoms with Crippen LogP contribution in [0, 0.1) is 12.8 Å². The van der Waals surface area contributed by atoms with Crippen LogP contribution < -0.4 is 0 Å². The van der Waals surface area contributed by atoms with Gasteiger partial charge in [-0.15, -0.1) is 11.3 Å². The molecule has 3 nitrogen and oxygen atoms in total. The molecular formula is C17H22N2OS. The Hall–Kier alpha value is -1.23. The molecule has 0 saturated carbocycles. The van der Waals surface area contributed by atoms with Crippen LogP contribution in [0.4, 0.5) is 0 Å². The predicted molar refractivity (Wildman–Crippen MR) is 87.4 cm³/mol. The Labute approximate surface area is 130 Å². The Morgan fingerprint density at radius 1 is 1.33 bits per heavy atom. The zero-order valence-electron chi connectivity index (χ0n) is 12.5. The van der Waals surface area contributed by atoms with Gasteiger partial charge in [-0.1, -0.05) is 30.3 Å². The zero-order chi connectivity index (χ0) is 14.7. The van der Waals surface area contributed by atoms with Gasteiger partial charge in [-0.05, 0) is 32.2 Å². The Balaban J connectivity index is 1.73. The van der Waals surface area contributed by atoms with Crippen molar-refractivity contribution < 1.29 is 5.11 Å². The van der Waals surface area contributed by atoms with Crippen LogP contribution in [0.3, 0.4) is 0 Å². The van der Waals surface area contributed by atoms with Gasteiger partial charge >= 0.3 is 0 Å². The number of benzene rings is 1. The van der Waals surface area contributed by atoms with Crippen LogP contribution in [0.15, 0.2) is 30.3 Å². The second-order valence-corrected chi connectivity index (χ2v) is 6.90. The average molecular weight is 302 g/mol.